The monoisotopic (exact) mass is 489 g/mol. The first-order valence-corrected chi connectivity index (χ1v) is 10.2. The Labute approximate surface area is 212 Å². The van der Waals surface area contributed by atoms with Crippen LogP contribution < -0.4 is 44.3 Å². The summed E-state index contributed by atoms with van der Waals surface area (Å²) in [7, 11) is 0.531. The first kappa shape index (κ1) is 28.1. The topological polar surface area (TPSA) is 168 Å². The van der Waals surface area contributed by atoms with Gasteiger partial charge in [0.15, 0.2) is 12.0 Å². The van der Waals surface area contributed by atoms with E-state index in [4.69, 9.17) is 9.47 Å². The Hall–Kier alpha value is -2.94. The Bertz CT molecular complexity index is 1110. The Kier molecular flexibility index (Phi) is 10.5. The molecular formula is C18H20N5NaO8S. The molecule has 1 aromatic carbocycles. The summed E-state index contributed by atoms with van der Waals surface area (Å²) in [5.74, 6) is -1.17. The number of hydrogen-bond donors (Lipinski definition) is 1. The minimum atomic E-state index is -4.67. The van der Waals surface area contributed by atoms with Crippen molar-refractivity contribution in [2.75, 3.05) is 33.7 Å². The number of nitrogens with zero attached hydrogens (tertiary/aromatic N) is 4. The van der Waals surface area contributed by atoms with Crippen LogP contribution in [0.25, 0.3) is 4.72 Å². The van der Waals surface area contributed by atoms with Crippen LogP contribution in [0.3, 0.4) is 0 Å². The molecule has 1 N–H and O–H groups in total. The SMILES string of the molecule is COC(=O)c1ccc(CN(C)C=O)cc1S(=O)(=O)[N-]C(=O)Nc1nc(OC)cc(OC)n1.[Na+]. The average molecular weight is 489 g/mol. The minimum absolute atomic E-state index is 0. The number of rotatable bonds is 9. The zero-order chi connectivity index (χ0) is 23.9. The quantitative estimate of drug-likeness (QED) is 0.240. The molecule has 0 aliphatic rings. The van der Waals surface area contributed by atoms with E-state index in [0.29, 0.717) is 12.0 Å². The van der Waals surface area contributed by atoms with Crippen molar-refractivity contribution in [2.24, 2.45) is 0 Å². The van der Waals surface area contributed by atoms with E-state index < -0.39 is 26.9 Å². The van der Waals surface area contributed by atoms with Gasteiger partial charge < -0.3 is 29.1 Å². The number of carbonyl (C=O) groups excluding carboxylic acids is 3. The first-order chi connectivity index (χ1) is 15.1. The molecular weight excluding hydrogens is 469 g/mol. The number of urea groups is 1. The van der Waals surface area contributed by atoms with Crippen LogP contribution in [0.5, 0.6) is 11.8 Å². The molecule has 0 fully saturated rings. The van der Waals surface area contributed by atoms with Gasteiger partial charge in [-0.05, 0) is 17.7 Å². The normalized spacial score (nSPS) is 10.3. The summed E-state index contributed by atoms with van der Waals surface area (Å²) >= 11 is 0. The number of nitrogens with one attached hydrogen (secondary N) is 1. The molecule has 0 unspecified atom stereocenters. The molecule has 2 aromatic rings. The van der Waals surface area contributed by atoms with Crippen molar-refractivity contribution >= 4 is 34.4 Å². The average Bonchev–Trinajstić information content (AvgIpc) is 2.77. The number of sulfonamides is 1. The number of esters is 1. The second kappa shape index (κ2) is 12.3. The van der Waals surface area contributed by atoms with E-state index in [-0.39, 0.29) is 59.4 Å². The van der Waals surface area contributed by atoms with Gasteiger partial charge in [0.1, 0.15) is 0 Å². The van der Waals surface area contributed by atoms with Crippen molar-refractivity contribution in [3.05, 3.63) is 40.1 Å². The molecule has 2 rings (SSSR count). The number of benzene rings is 1. The molecule has 0 radical (unpaired) electrons. The number of amides is 3. The van der Waals surface area contributed by atoms with Crippen molar-refractivity contribution in [1.82, 2.24) is 14.9 Å². The molecule has 1 aromatic heterocycles. The fourth-order valence-corrected chi connectivity index (χ4v) is 3.52. The fraction of sp³-hybridized carbons (Fsp3) is 0.278. The van der Waals surface area contributed by atoms with Crippen molar-refractivity contribution in [1.29, 1.82) is 0 Å². The first-order valence-electron chi connectivity index (χ1n) is 8.76. The van der Waals surface area contributed by atoms with E-state index in [1.54, 1.807) is 0 Å². The van der Waals surface area contributed by atoms with Crippen molar-refractivity contribution in [2.45, 2.75) is 11.4 Å². The molecule has 33 heavy (non-hydrogen) atoms. The zero-order valence-electron chi connectivity index (χ0n) is 18.6. The van der Waals surface area contributed by atoms with Crippen LogP contribution in [0.15, 0.2) is 29.2 Å². The van der Waals surface area contributed by atoms with Crippen LogP contribution in [0.4, 0.5) is 10.7 Å². The second-order valence-electron chi connectivity index (χ2n) is 6.12. The summed E-state index contributed by atoms with van der Waals surface area (Å²) in [4.78, 5) is 43.5. The fourth-order valence-electron chi connectivity index (χ4n) is 2.43. The summed E-state index contributed by atoms with van der Waals surface area (Å²) in [6, 6.07) is 3.79. The molecule has 13 nitrogen and oxygen atoms in total. The number of anilines is 1. The molecule has 3 amide bonds. The smallest absolute Gasteiger partial charge is 0.481 e. The van der Waals surface area contributed by atoms with Crippen molar-refractivity contribution in [3.8, 4) is 11.8 Å². The van der Waals surface area contributed by atoms with Gasteiger partial charge >= 0.3 is 35.5 Å². The maximum absolute atomic E-state index is 12.8. The molecule has 172 valence electrons. The third-order valence-electron chi connectivity index (χ3n) is 3.86. The Morgan fingerprint density at radius 2 is 1.73 bits per heavy atom. The van der Waals surface area contributed by atoms with E-state index in [0.717, 1.165) is 13.2 Å². The van der Waals surface area contributed by atoms with Gasteiger partial charge in [0.2, 0.25) is 28.2 Å². The Morgan fingerprint density at radius 3 is 2.24 bits per heavy atom. The summed E-state index contributed by atoms with van der Waals surface area (Å²) in [6.07, 6.45) is 0.544. The van der Waals surface area contributed by atoms with E-state index in [1.165, 1.54) is 44.4 Å². The maximum atomic E-state index is 12.8. The predicted molar refractivity (Wildman–Crippen MR) is 110 cm³/mol. The van der Waals surface area contributed by atoms with Crippen LogP contribution in [-0.4, -0.2) is 70.1 Å². The van der Waals surface area contributed by atoms with Crippen LogP contribution in [0.1, 0.15) is 15.9 Å². The minimum Gasteiger partial charge on any atom is -0.481 e. The van der Waals surface area contributed by atoms with Gasteiger partial charge in [-0.1, -0.05) is 6.07 Å². The molecule has 0 spiro atoms. The summed E-state index contributed by atoms with van der Waals surface area (Å²) in [6.45, 7) is 0.0527. The molecule has 0 aliphatic carbocycles. The molecule has 0 saturated carbocycles. The summed E-state index contributed by atoms with van der Waals surface area (Å²) in [5, 5.41) is 2.10. The summed E-state index contributed by atoms with van der Waals surface area (Å²) in [5.41, 5.74) is 0.0446. The van der Waals surface area contributed by atoms with Gasteiger partial charge in [-0.25, -0.2) is 13.2 Å². The number of aromatic nitrogens is 2. The van der Waals surface area contributed by atoms with Crippen LogP contribution >= 0.6 is 0 Å². The standard InChI is InChI=1S/C18H21N5O8S.Na/c1-23(10-24)9-11-5-6-12(16(25)31-4)13(7-11)32(27,28)22-18(26)21-17-19-14(29-2)8-15(20-17)30-3;/h5-8,10H,9H2,1-4H3,(H2,19,20,21,22,26);/q;+1/p-1. The molecule has 0 aliphatic heterocycles. The summed E-state index contributed by atoms with van der Waals surface area (Å²) < 4.78 is 43.3. The van der Waals surface area contributed by atoms with Crippen molar-refractivity contribution in [3.63, 3.8) is 0 Å². The van der Waals surface area contributed by atoms with E-state index >= 15 is 0 Å². The van der Waals surface area contributed by atoms with Crippen LogP contribution in [0.2, 0.25) is 0 Å². The third kappa shape index (κ3) is 7.56. The number of methoxy groups -OCH3 is 3. The number of ether oxygens (including phenoxy) is 3. The van der Waals surface area contributed by atoms with Crippen molar-refractivity contribution < 1.29 is 66.6 Å². The van der Waals surface area contributed by atoms with Gasteiger partial charge in [-0.3, -0.25) is 9.59 Å². The molecule has 0 atom stereocenters. The number of hydrogen-bond acceptors (Lipinski definition) is 10. The largest absolute Gasteiger partial charge is 1.00 e. The molecule has 0 saturated heterocycles. The maximum Gasteiger partial charge on any atom is 1.00 e. The van der Waals surface area contributed by atoms with E-state index in [1.807, 2.05) is 0 Å². The molecule has 1 heterocycles. The van der Waals surface area contributed by atoms with Gasteiger partial charge in [0.05, 0.1) is 37.9 Å². The Morgan fingerprint density at radius 1 is 1.12 bits per heavy atom. The third-order valence-corrected chi connectivity index (χ3v) is 5.16. The second-order valence-corrected chi connectivity index (χ2v) is 7.69. The van der Waals surface area contributed by atoms with Gasteiger partial charge in [0, 0.05) is 13.6 Å². The Balaban J connectivity index is 0.00000544. The molecule has 0 bridgehead atoms. The number of carbonyl (C=O) groups is 3. The van der Waals surface area contributed by atoms with Crippen LogP contribution in [0, 0.1) is 0 Å². The van der Waals surface area contributed by atoms with Gasteiger partial charge in [-0.2, -0.15) is 9.97 Å². The van der Waals surface area contributed by atoms with E-state index in [9.17, 15) is 22.8 Å². The van der Waals surface area contributed by atoms with Crippen LogP contribution in [-0.2, 0) is 26.1 Å². The predicted octanol–water partition coefficient (Wildman–Crippen LogP) is -1.83. The molecule has 15 heteroatoms. The van der Waals surface area contributed by atoms with Gasteiger partial charge in [0.25, 0.3) is 0 Å². The van der Waals surface area contributed by atoms with E-state index in [2.05, 4.69) is 24.7 Å². The zero-order valence-corrected chi connectivity index (χ0v) is 21.4. The van der Waals surface area contributed by atoms with Gasteiger partial charge in [-0.15, -0.1) is 0 Å².